The van der Waals surface area contributed by atoms with Gasteiger partial charge in [-0.1, -0.05) is 0 Å². The Labute approximate surface area is 87.8 Å². The summed E-state index contributed by atoms with van der Waals surface area (Å²) in [4.78, 5) is 25.6. The van der Waals surface area contributed by atoms with Crippen molar-refractivity contribution in [2.75, 3.05) is 19.6 Å². The number of nitrogens with zero attached hydrogens (tertiary/aromatic N) is 2. The Morgan fingerprint density at radius 2 is 1.73 bits per heavy atom. The van der Waals surface area contributed by atoms with Crippen molar-refractivity contribution >= 4 is 11.9 Å². The third kappa shape index (κ3) is 2.49. The minimum atomic E-state index is -0.309. The highest BCUT2D eigenvalue weighted by Crippen LogP contribution is 2.09. The van der Waals surface area contributed by atoms with Crippen LogP contribution in [0.5, 0.6) is 0 Å². The van der Waals surface area contributed by atoms with Gasteiger partial charge in [0, 0.05) is 6.54 Å². The summed E-state index contributed by atoms with van der Waals surface area (Å²) >= 11 is 0. The summed E-state index contributed by atoms with van der Waals surface area (Å²) in [7, 11) is 0. The van der Waals surface area contributed by atoms with Crippen LogP contribution in [0, 0.1) is 0 Å². The minimum Gasteiger partial charge on any atom is -0.405 e. The lowest BCUT2D eigenvalue weighted by Crippen LogP contribution is -2.33. The number of nitrogens with two attached hydrogens (primary N) is 2. The van der Waals surface area contributed by atoms with Crippen LogP contribution in [0.4, 0.5) is 4.79 Å². The molecule has 15 heavy (non-hydrogen) atoms. The Morgan fingerprint density at radius 3 is 2.33 bits per heavy atom. The summed E-state index contributed by atoms with van der Waals surface area (Å²) in [6.45, 7) is 0.669. The number of hydrogen-bond acceptors (Lipinski definition) is 4. The molecule has 0 atom stereocenters. The summed E-state index contributed by atoms with van der Waals surface area (Å²) in [5, 5.41) is 0. The highest BCUT2D eigenvalue weighted by Gasteiger charge is 2.34. The Hall–Kier alpha value is -1.98. The third-order valence-corrected chi connectivity index (χ3v) is 2.01. The van der Waals surface area contributed by atoms with E-state index in [1.165, 1.54) is 17.3 Å². The second-order valence-corrected chi connectivity index (χ2v) is 3.02. The largest absolute Gasteiger partial charge is 0.405 e. The van der Waals surface area contributed by atoms with E-state index in [-0.39, 0.29) is 25.0 Å². The molecule has 3 amide bonds. The molecule has 1 aliphatic heterocycles. The van der Waals surface area contributed by atoms with E-state index < -0.39 is 0 Å². The van der Waals surface area contributed by atoms with Gasteiger partial charge in [-0.3, -0.25) is 9.69 Å². The zero-order valence-corrected chi connectivity index (χ0v) is 8.30. The maximum Gasteiger partial charge on any atom is 0.327 e. The molecule has 0 aromatic carbocycles. The van der Waals surface area contributed by atoms with Crippen LogP contribution < -0.4 is 11.5 Å². The van der Waals surface area contributed by atoms with Crippen molar-refractivity contribution in [1.82, 2.24) is 9.80 Å². The Kier molecular flexibility index (Phi) is 3.73. The molecule has 1 saturated heterocycles. The van der Waals surface area contributed by atoms with E-state index in [0.29, 0.717) is 6.54 Å². The average Bonchev–Trinajstić information content (AvgIpc) is 2.49. The van der Waals surface area contributed by atoms with E-state index >= 15 is 0 Å². The number of imide groups is 1. The maximum absolute atomic E-state index is 11.6. The Morgan fingerprint density at radius 1 is 1.13 bits per heavy atom. The monoisotopic (exact) mass is 210 g/mol. The Balaban J connectivity index is 2.61. The van der Waals surface area contributed by atoms with Gasteiger partial charge in [0.2, 0.25) is 0 Å². The van der Waals surface area contributed by atoms with E-state index in [1.807, 2.05) is 0 Å². The van der Waals surface area contributed by atoms with Crippen LogP contribution in [0.1, 0.15) is 0 Å². The summed E-state index contributed by atoms with van der Waals surface area (Å²) in [6, 6.07) is -0.309. The van der Waals surface area contributed by atoms with Crippen LogP contribution in [0.3, 0.4) is 0 Å². The zero-order chi connectivity index (χ0) is 11.3. The third-order valence-electron chi connectivity index (χ3n) is 2.01. The molecule has 1 fully saturated rings. The molecule has 6 heteroatoms. The van der Waals surface area contributed by atoms with Crippen molar-refractivity contribution in [3.8, 4) is 0 Å². The number of urea groups is 1. The molecular weight excluding hydrogens is 196 g/mol. The normalized spacial score (nSPS) is 17.6. The summed E-state index contributed by atoms with van der Waals surface area (Å²) in [5.41, 5.74) is 10.3. The van der Waals surface area contributed by atoms with Crippen LogP contribution in [-0.4, -0.2) is 41.4 Å². The SMILES string of the molecule is NC=CCN1CC(=O)N(CC=CN)C1=O. The van der Waals surface area contributed by atoms with Crippen molar-refractivity contribution in [3.63, 3.8) is 0 Å². The van der Waals surface area contributed by atoms with E-state index in [2.05, 4.69) is 0 Å². The van der Waals surface area contributed by atoms with Crippen molar-refractivity contribution in [2.45, 2.75) is 0 Å². The fraction of sp³-hybridized carbons (Fsp3) is 0.333. The van der Waals surface area contributed by atoms with Crippen molar-refractivity contribution < 1.29 is 9.59 Å². The van der Waals surface area contributed by atoms with E-state index in [1.54, 1.807) is 12.2 Å². The van der Waals surface area contributed by atoms with Crippen LogP contribution in [0.2, 0.25) is 0 Å². The van der Waals surface area contributed by atoms with Crippen molar-refractivity contribution in [3.05, 3.63) is 24.6 Å². The van der Waals surface area contributed by atoms with E-state index in [4.69, 9.17) is 11.5 Å². The lowest BCUT2D eigenvalue weighted by molar-refractivity contribution is -0.124. The molecule has 0 spiro atoms. The predicted molar refractivity (Wildman–Crippen MR) is 55.3 cm³/mol. The molecule has 1 heterocycles. The second-order valence-electron chi connectivity index (χ2n) is 3.02. The molecule has 0 bridgehead atoms. The molecule has 0 saturated carbocycles. The number of amides is 3. The van der Waals surface area contributed by atoms with Gasteiger partial charge in [0.15, 0.2) is 0 Å². The fourth-order valence-electron chi connectivity index (χ4n) is 1.27. The molecule has 1 rings (SSSR count). The van der Waals surface area contributed by atoms with Crippen molar-refractivity contribution in [2.24, 2.45) is 11.5 Å². The van der Waals surface area contributed by atoms with Gasteiger partial charge in [-0.05, 0) is 24.6 Å². The number of hydrogen-bond donors (Lipinski definition) is 2. The lowest BCUT2D eigenvalue weighted by atomic mass is 10.5. The summed E-state index contributed by atoms with van der Waals surface area (Å²) in [5.74, 6) is -0.219. The number of carbonyl (C=O) groups excluding carboxylic acids is 2. The molecule has 0 radical (unpaired) electrons. The first-order chi connectivity index (χ1) is 7.20. The molecule has 4 N–H and O–H groups in total. The molecule has 0 aromatic heterocycles. The standard InChI is InChI=1S/C9H14N4O2/c10-3-1-5-12-7-8(14)13(9(12)15)6-2-4-11/h1-4H,5-7,10-11H2. The van der Waals surface area contributed by atoms with E-state index in [9.17, 15) is 9.59 Å². The average molecular weight is 210 g/mol. The summed E-state index contributed by atoms with van der Waals surface area (Å²) < 4.78 is 0. The maximum atomic E-state index is 11.6. The van der Waals surface area contributed by atoms with Gasteiger partial charge in [0.05, 0.1) is 6.54 Å². The molecule has 0 unspecified atom stereocenters. The first kappa shape index (κ1) is 11.1. The van der Waals surface area contributed by atoms with Crippen LogP contribution in [0.15, 0.2) is 24.6 Å². The molecule has 6 nitrogen and oxygen atoms in total. The topological polar surface area (TPSA) is 92.7 Å². The van der Waals surface area contributed by atoms with Gasteiger partial charge in [0.25, 0.3) is 5.91 Å². The van der Waals surface area contributed by atoms with Crippen molar-refractivity contribution in [1.29, 1.82) is 0 Å². The Bertz CT molecular complexity index is 311. The summed E-state index contributed by atoms with van der Waals surface area (Å²) in [6.07, 6.45) is 5.83. The quantitative estimate of drug-likeness (QED) is 0.594. The minimum absolute atomic E-state index is 0.0988. The van der Waals surface area contributed by atoms with Crippen LogP contribution in [-0.2, 0) is 4.79 Å². The number of carbonyl (C=O) groups is 2. The van der Waals surface area contributed by atoms with Gasteiger partial charge in [-0.25, -0.2) is 4.79 Å². The zero-order valence-electron chi connectivity index (χ0n) is 8.30. The van der Waals surface area contributed by atoms with Gasteiger partial charge in [-0.15, -0.1) is 0 Å². The van der Waals surface area contributed by atoms with E-state index in [0.717, 1.165) is 4.90 Å². The molecule has 1 aliphatic rings. The van der Waals surface area contributed by atoms with Gasteiger partial charge >= 0.3 is 6.03 Å². The molecule has 0 aromatic rings. The van der Waals surface area contributed by atoms with Gasteiger partial charge < -0.3 is 16.4 Å². The highest BCUT2D eigenvalue weighted by molar-refractivity contribution is 6.02. The predicted octanol–water partition coefficient (Wildman–Crippen LogP) is -0.805. The van der Waals surface area contributed by atoms with Gasteiger partial charge in [0.1, 0.15) is 6.54 Å². The smallest absolute Gasteiger partial charge is 0.327 e. The molecular formula is C9H14N4O2. The first-order valence-electron chi connectivity index (χ1n) is 4.53. The van der Waals surface area contributed by atoms with Gasteiger partial charge in [-0.2, -0.15) is 0 Å². The highest BCUT2D eigenvalue weighted by atomic mass is 16.2. The van der Waals surface area contributed by atoms with Crippen LogP contribution in [0.25, 0.3) is 0 Å². The van der Waals surface area contributed by atoms with Crippen LogP contribution >= 0.6 is 0 Å². The number of rotatable bonds is 4. The molecule has 82 valence electrons. The first-order valence-corrected chi connectivity index (χ1v) is 4.53. The second kappa shape index (κ2) is 5.04. The fourth-order valence-corrected chi connectivity index (χ4v) is 1.27. The lowest BCUT2D eigenvalue weighted by Gasteiger charge is -2.13. The molecule has 0 aliphatic carbocycles.